The Morgan fingerprint density at radius 3 is 2.46 bits per heavy atom. The molecule has 1 saturated heterocycles. The first kappa shape index (κ1) is 30.0. The number of rotatable bonds is 6. The van der Waals surface area contributed by atoms with Crippen molar-refractivity contribution in [3.8, 4) is 17.0 Å². The number of pyridine rings is 1. The number of carbonyl (C=O) groups is 3. The molecule has 41 heavy (non-hydrogen) atoms. The molecule has 1 aliphatic heterocycles. The quantitative estimate of drug-likeness (QED) is 0.366. The van der Waals surface area contributed by atoms with Crippen molar-refractivity contribution in [1.82, 2.24) is 14.8 Å². The molecule has 4 rings (SSSR count). The van der Waals surface area contributed by atoms with Gasteiger partial charge in [-0.15, -0.1) is 11.3 Å². The van der Waals surface area contributed by atoms with Gasteiger partial charge in [0.05, 0.1) is 12.2 Å². The molecule has 3 heterocycles. The summed E-state index contributed by atoms with van der Waals surface area (Å²) in [4.78, 5) is 48.5. The minimum Gasteiger partial charge on any atom is -0.478 e. The summed E-state index contributed by atoms with van der Waals surface area (Å²) in [5, 5.41) is 6.27. The molecule has 0 radical (unpaired) electrons. The fourth-order valence-electron chi connectivity index (χ4n) is 4.78. The molecule has 10 heteroatoms. The first-order valence-corrected chi connectivity index (χ1v) is 14.5. The Morgan fingerprint density at radius 1 is 1.10 bits per heavy atom. The second kappa shape index (κ2) is 11.5. The minimum absolute atomic E-state index is 0.117. The van der Waals surface area contributed by atoms with Crippen LogP contribution in [-0.4, -0.2) is 64.9 Å². The highest BCUT2D eigenvalue weighted by molar-refractivity contribution is 7.16. The molecule has 2 N–H and O–H groups in total. The molecule has 0 aliphatic carbocycles. The van der Waals surface area contributed by atoms with E-state index < -0.39 is 11.6 Å². The van der Waals surface area contributed by atoms with Crippen molar-refractivity contribution < 1.29 is 19.1 Å². The monoisotopic (exact) mass is 577 g/mol. The van der Waals surface area contributed by atoms with E-state index >= 15 is 0 Å². The number of anilines is 2. The van der Waals surface area contributed by atoms with Crippen LogP contribution in [0.25, 0.3) is 11.1 Å². The SMILES string of the molecule is CCOc1ccc(-c2cc(NC(=O)Nc3sc(C(C)(C)C)cc3C(=O)N3CCN(C)C(=O)C3(C)C)ccc2C)cn1. The van der Waals surface area contributed by atoms with E-state index in [9.17, 15) is 14.4 Å². The number of nitrogens with one attached hydrogen (secondary N) is 2. The van der Waals surface area contributed by atoms with Gasteiger partial charge in [0.1, 0.15) is 10.5 Å². The van der Waals surface area contributed by atoms with E-state index in [1.54, 1.807) is 36.9 Å². The van der Waals surface area contributed by atoms with Crippen molar-refractivity contribution >= 4 is 39.9 Å². The van der Waals surface area contributed by atoms with E-state index in [4.69, 9.17) is 4.74 Å². The maximum Gasteiger partial charge on any atom is 0.324 e. The van der Waals surface area contributed by atoms with Crippen molar-refractivity contribution in [3.63, 3.8) is 0 Å². The highest BCUT2D eigenvalue weighted by Gasteiger charge is 2.44. The first-order chi connectivity index (χ1) is 19.2. The Labute approximate surface area is 245 Å². The number of hydrogen-bond acceptors (Lipinski definition) is 6. The van der Waals surface area contributed by atoms with Gasteiger partial charge in [0, 0.05) is 48.5 Å². The van der Waals surface area contributed by atoms with Crippen molar-refractivity contribution in [1.29, 1.82) is 0 Å². The summed E-state index contributed by atoms with van der Waals surface area (Å²) in [6.45, 7) is 15.0. The number of aryl methyl sites for hydroxylation is 1. The molecule has 4 amide bonds. The standard InChI is InChI=1S/C31H39N5O4S/c1-9-40-25-13-11-20(18-32-25)22-16-21(12-10-19(22)2)33-29(39)34-26-23(17-24(41-26)30(3,4)5)27(37)36-15-14-35(8)28(38)31(36,6)7/h10-13,16-18H,9,14-15H2,1-8H3,(H2,33,34,39). The fourth-order valence-corrected chi connectivity index (χ4v) is 5.88. The zero-order valence-corrected chi connectivity index (χ0v) is 25.9. The van der Waals surface area contributed by atoms with Crippen LogP contribution in [0.1, 0.15) is 62.3 Å². The fraction of sp³-hybridized carbons (Fsp3) is 0.419. The summed E-state index contributed by atoms with van der Waals surface area (Å²) in [7, 11) is 1.74. The van der Waals surface area contributed by atoms with Gasteiger partial charge in [0.15, 0.2) is 0 Å². The van der Waals surface area contributed by atoms with E-state index in [2.05, 4.69) is 36.4 Å². The predicted molar refractivity (Wildman–Crippen MR) is 164 cm³/mol. The minimum atomic E-state index is -0.999. The van der Waals surface area contributed by atoms with Crippen LogP contribution < -0.4 is 15.4 Å². The number of benzene rings is 1. The van der Waals surface area contributed by atoms with Crippen LogP contribution in [0, 0.1) is 6.92 Å². The summed E-state index contributed by atoms with van der Waals surface area (Å²) in [6.07, 6.45) is 1.75. The zero-order chi connectivity index (χ0) is 30.1. The Hall–Kier alpha value is -3.92. The summed E-state index contributed by atoms with van der Waals surface area (Å²) in [6, 6.07) is 10.8. The molecular formula is C31H39N5O4S. The van der Waals surface area contributed by atoms with Gasteiger partial charge in [-0.2, -0.15) is 0 Å². The lowest BCUT2D eigenvalue weighted by atomic mass is 9.93. The van der Waals surface area contributed by atoms with Crippen LogP contribution in [0.4, 0.5) is 15.5 Å². The lowest BCUT2D eigenvalue weighted by Gasteiger charge is -2.44. The molecule has 0 saturated carbocycles. The molecule has 1 aromatic carbocycles. The van der Waals surface area contributed by atoms with Gasteiger partial charge in [-0.25, -0.2) is 9.78 Å². The molecule has 9 nitrogen and oxygen atoms in total. The highest BCUT2D eigenvalue weighted by Crippen LogP contribution is 2.38. The van der Waals surface area contributed by atoms with E-state index in [0.717, 1.165) is 21.6 Å². The molecule has 1 aliphatic rings. The van der Waals surface area contributed by atoms with Crippen LogP contribution in [0.15, 0.2) is 42.6 Å². The number of urea groups is 1. The Balaban J connectivity index is 1.58. The number of likely N-dealkylation sites (N-methyl/N-ethyl adjacent to an activating group) is 1. The van der Waals surface area contributed by atoms with Gasteiger partial charge in [-0.05, 0) is 68.5 Å². The summed E-state index contributed by atoms with van der Waals surface area (Å²) < 4.78 is 5.45. The molecule has 218 valence electrons. The second-order valence-corrected chi connectivity index (χ2v) is 12.8. The topological polar surface area (TPSA) is 104 Å². The lowest BCUT2D eigenvalue weighted by Crippen LogP contribution is -2.63. The molecule has 0 atom stereocenters. The van der Waals surface area contributed by atoms with Crippen LogP contribution in [-0.2, 0) is 10.2 Å². The number of carbonyl (C=O) groups excluding carboxylic acids is 3. The number of thiophene rings is 1. The van der Waals surface area contributed by atoms with Crippen molar-refractivity contribution in [2.45, 2.75) is 59.4 Å². The number of piperazine rings is 1. The van der Waals surface area contributed by atoms with Crippen molar-refractivity contribution in [2.24, 2.45) is 0 Å². The summed E-state index contributed by atoms with van der Waals surface area (Å²) in [5.74, 6) is 0.162. The first-order valence-electron chi connectivity index (χ1n) is 13.7. The second-order valence-electron chi connectivity index (χ2n) is 11.8. The predicted octanol–water partition coefficient (Wildman–Crippen LogP) is 6.15. The Morgan fingerprint density at radius 2 is 1.83 bits per heavy atom. The number of hydrogen-bond donors (Lipinski definition) is 2. The molecule has 0 unspecified atom stereocenters. The van der Waals surface area contributed by atoms with Gasteiger partial charge in [0.2, 0.25) is 11.8 Å². The zero-order valence-electron chi connectivity index (χ0n) is 25.0. The maximum absolute atomic E-state index is 13.8. The third kappa shape index (κ3) is 6.37. The van der Waals surface area contributed by atoms with E-state index in [1.165, 1.54) is 11.3 Å². The molecule has 0 spiro atoms. The average molecular weight is 578 g/mol. The van der Waals surface area contributed by atoms with Crippen LogP contribution in [0.2, 0.25) is 0 Å². The molecule has 2 aromatic heterocycles. The van der Waals surface area contributed by atoms with Crippen molar-refractivity contribution in [2.75, 3.05) is 37.4 Å². The molecule has 0 bridgehead atoms. The van der Waals surface area contributed by atoms with Crippen molar-refractivity contribution in [3.05, 3.63) is 58.6 Å². The Kier molecular flexibility index (Phi) is 8.44. The van der Waals surface area contributed by atoms with Gasteiger partial charge in [0.25, 0.3) is 5.91 Å². The summed E-state index contributed by atoms with van der Waals surface area (Å²) >= 11 is 1.37. The lowest BCUT2D eigenvalue weighted by molar-refractivity contribution is -0.144. The van der Waals surface area contributed by atoms with Crippen LogP contribution in [0.3, 0.4) is 0 Å². The number of amides is 4. The third-order valence-corrected chi connectivity index (χ3v) is 8.69. The van der Waals surface area contributed by atoms with E-state index in [0.29, 0.717) is 41.8 Å². The van der Waals surface area contributed by atoms with E-state index in [-0.39, 0.29) is 17.2 Å². The molecular weight excluding hydrogens is 538 g/mol. The van der Waals surface area contributed by atoms with Crippen LogP contribution in [0.5, 0.6) is 5.88 Å². The highest BCUT2D eigenvalue weighted by atomic mass is 32.1. The van der Waals surface area contributed by atoms with Gasteiger partial charge in [-0.3, -0.25) is 14.9 Å². The van der Waals surface area contributed by atoms with E-state index in [1.807, 2.05) is 50.2 Å². The van der Waals surface area contributed by atoms with Gasteiger partial charge >= 0.3 is 6.03 Å². The smallest absolute Gasteiger partial charge is 0.324 e. The average Bonchev–Trinajstić information content (AvgIpc) is 3.33. The number of ether oxygens (including phenoxy) is 1. The molecule has 1 fully saturated rings. The normalized spacial score (nSPS) is 15.1. The third-order valence-electron chi connectivity index (χ3n) is 7.21. The molecule has 3 aromatic rings. The number of nitrogens with zero attached hydrogens (tertiary/aromatic N) is 3. The van der Waals surface area contributed by atoms with Gasteiger partial charge in [-0.1, -0.05) is 26.8 Å². The largest absolute Gasteiger partial charge is 0.478 e. The summed E-state index contributed by atoms with van der Waals surface area (Å²) in [5.41, 5.74) is 2.62. The van der Waals surface area contributed by atoms with Crippen LogP contribution >= 0.6 is 11.3 Å². The maximum atomic E-state index is 13.8. The number of aromatic nitrogens is 1. The Bertz CT molecular complexity index is 1460. The van der Waals surface area contributed by atoms with Gasteiger partial charge < -0.3 is 19.9 Å².